The molecule has 3 rings (SSSR count). The van der Waals surface area contributed by atoms with Crippen molar-refractivity contribution >= 4 is 11.8 Å². The van der Waals surface area contributed by atoms with Crippen LogP contribution in [-0.4, -0.2) is 11.8 Å². The molecule has 2 saturated carbocycles. The molecule has 0 radical (unpaired) electrons. The van der Waals surface area contributed by atoms with Gasteiger partial charge in [-0.2, -0.15) is 0 Å². The third kappa shape index (κ3) is 2.17. The lowest BCUT2D eigenvalue weighted by Crippen LogP contribution is -2.35. The number of rotatable bonds is 2. The van der Waals surface area contributed by atoms with Crippen molar-refractivity contribution in [1.29, 1.82) is 0 Å². The molecule has 0 aromatic rings. The van der Waals surface area contributed by atoms with Gasteiger partial charge >= 0.3 is 5.97 Å². The van der Waals surface area contributed by atoms with E-state index in [4.69, 9.17) is 4.74 Å². The van der Waals surface area contributed by atoms with Crippen LogP contribution in [0.2, 0.25) is 0 Å². The number of fused-ring (bicyclic) bond motifs is 2. The van der Waals surface area contributed by atoms with Gasteiger partial charge in [-0.05, 0) is 36.0 Å². The average Bonchev–Trinajstić information content (AvgIpc) is 2.87. The van der Waals surface area contributed by atoms with Gasteiger partial charge in [-0.3, -0.25) is 9.59 Å². The smallest absolute Gasteiger partial charge is 0.321 e. The van der Waals surface area contributed by atoms with E-state index in [1.54, 1.807) is 0 Å². The van der Waals surface area contributed by atoms with Crippen LogP contribution >= 0.6 is 0 Å². The second kappa shape index (κ2) is 4.56. The predicted octanol–water partition coefficient (Wildman–Crippen LogP) is 4.19. The average molecular weight is 302 g/mol. The van der Waals surface area contributed by atoms with Crippen LogP contribution in [0, 0.1) is 22.2 Å². The Bertz CT molecular complexity index is 594. The van der Waals surface area contributed by atoms with E-state index in [2.05, 4.69) is 20.4 Å². The van der Waals surface area contributed by atoms with E-state index in [0.717, 1.165) is 24.8 Å². The quantitative estimate of drug-likeness (QED) is 0.567. The minimum absolute atomic E-state index is 0.00725. The normalized spacial score (nSPS) is 35.5. The summed E-state index contributed by atoms with van der Waals surface area (Å²) < 4.78 is 5.71. The van der Waals surface area contributed by atoms with Crippen molar-refractivity contribution in [3.05, 3.63) is 24.0 Å². The van der Waals surface area contributed by atoms with E-state index >= 15 is 0 Å². The summed E-state index contributed by atoms with van der Waals surface area (Å²) >= 11 is 0. The molecular weight excluding hydrogens is 276 g/mol. The highest BCUT2D eigenvalue weighted by Crippen LogP contribution is 2.66. The summed E-state index contributed by atoms with van der Waals surface area (Å²) in [6.45, 7) is 12.7. The van der Waals surface area contributed by atoms with Gasteiger partial charge in [0.25, 0.3) is 0 Å². The highest BCUT2D eigenvalue weighted by atomic mass is 16.5. The van der Waals surface area contributed by atoms with Crippen LogP contribution < -0.4 is 0 Å². The first kappa shape index (κ1) is 15.5. The van der Waals surface area contributed by atoms with Crippen molar-refractivity contribution in [2.45, 2.75) is 59.8 Å². The Kier molecular flexibility index (Phi) is 3.22. The molecule has 0 aromatic carbocycles. The molecule has 3 nitrogen and oxygen atoms in total. The number of esters is 1. The Balaban J connectivity index is 1.81. The van der Waals surface area contributed by atoms with E-state index < -0.39 is 5.41 Å². The molecule has 2 atom stereocenters. The van der Waals surface area contributed by atoms with E-state index in [9.17, 15) is 9.59 Å². The van der Waals surface area contributed by atoms with Crippen LogP contribution in [0.15, 0.2) is 24.0 Å². The summed E-state index contributed by atoms with van der Waals surface area (Å²) in [6.07, 6.45) is 5.41. The number of hydrogen-bond donors (Lipinski definition) is 0. The van der Waals surface area contributed by atoms with Gasteiger partial charge in [0.05, 0.1) is 5.41 Å². The second-order valence-electron chi connectivity index (χ2n) is 8.71. The molecule has 0 amide bonds. The molecule has 2 bridgehead atoms. The molecule has 3 aliphatic carbocycles. The number of ketones is 1. The molecule has 0 saturated heterocycles. The first-order valence-corrected chi connectivity index (χ1v) is 8.22. The van der Waals surface area contributed by atoms with Gasteiger partial charge in [-0.25, -0.2) is 0 Å². The van der Waals surface area contributed by atoms with Crippen LogP contribution in [0.3, 0.4) is 0 Å². The van der Waals surface area contributed by atoms with Crippen LogP contribution in [-0.2, 0) is 14.3 Å². The Hall–Kier alpha value is -1.38. The fourth-order valence-corrected chi connectivity index (χ4v) is 4.68. The van der Waals surface area contributed by atoms with Crippen LogP contribution in [0.5, 0.6) is 0 Å². The van der Waals surface area contributed by atoms with Gasteiger partial charge < -0.3 is 4.74 Å². The molecule has 0 heterocycles. The fraction of sp³-hybridized carbons (Fsp3) is 0.684. The maximum Gasteiger partial charge on any atom is 0.321 e. The Morgan fingerprint density at radius 1 is 1.27 bits per heavy atom. The minimum atomic E-state index is -0.528. The molecule has 22 heavy (non-hydrogen) atoms. The fourth-order valence-electron chi connectivity index (χ4n) is 4.68. The van der Waals surface area contributed by atoms with Crippen molar-refractivity contribution in [2.24, 2.45) is 22.2 Å². The highest BCUT2D eigenvalue weighted by Gasteiger charge is 2.62. The summed E-state index contributed by atoms with van der Waals surface area (Å²) in [5.41, 5.74) is 0.360. The molecule has 3 heteroatoms. The maximum absolute atomic E-state index is 12.9. The molecule has 0 aromatic heterocycles. The Morgan fingerprint density at radius 3 is 2.50 bits per heavy atom. The third-order valence-corrected chi connectivity index (χ3v) is 6.13. The van der Waals surface area contributed by atoms with Crippen molar-refractivity contribution in [3.8, 4) is 0 Å². The summed E-state index contributed by atoms with van der Waals surface area (Å²) in [6, 6.07) is 0. The highest BCUT2D eigenvalue weighted by molar-refractivity contribution is 5.92. The SMILES string of the molecule is C=C1C2(C(=O)OC3=CC(=O)CC(C)(C)C3)CCC(C2)C1(C)C. The van der Waals surface area contributed by atoms with Gasteiger partial charge in [0, 0.05) is 18.9 Å². The Labute approximate surface area is 132 Å². The summed E-state index contributed by atoms with van der Waals surface area (Å²) in [4.78, 5) is 24.7. The number of carbonyl (C=O) groups excluding carboxylic acids is 2. The number of ether oxygens (including phenoxy) is 1. The van der Waals surface area contributed by atoms with Gasteiger partial charge in [-0.1, -0.05) is 39.8 Å². The summed E-state index contributed by atoms with van der Waals surface area (Å²) in [5.74, 6) is 0.904. The lowest BCUT2D eigenvalue weighted by Gasteiger charge is -2.37. The number of allylic oxidation sites excluding steroid dienone is 2. The van der Waals surface area contributed by atoms with E-state index in [-0.39, 0.29) is 22.6 Å². The lowest BCUT2D eigenvalue weighted by atomic mass is 9.68. The molecule has 120 valence electrons. The molecule has 0 N–H and O–H groups in total. The zero-order chi connectivity index (χ0) is 16.3. The molecule has 0 aliphatic heterocycles. The van der Waals surface area contributed by atoms with Crippen LogP contribution in [0.1, 0.15) is 59.8 Å². The van der Waals surface area contributed by atoms with Gasteiger partial charge in [-0.15, -0.1) is 0 Å². The number of hydrogen-bond acceptors (Lipinski definition) is 3. The first-order chi connectivity index (χ1) is 10.1. The van der Waals surface area contributed by atoms with E-state index in [1.165, 1.54) is 6.08 Å². The van der Waals surface area contributed by atoms with E-state index in [0.29, 0.717) is 24.5 Å². The zero-order valence-electron chi connectivity index (χ0n) is 14.1. The molecule has 2 fully saturated rings. The van der Waals surface area contributed by atoms with Gasteiger partial charge in [0.2, 0.25) is 0 Å². The zero-order valence-corrected chi connectivity index (χ0v) is 14.1. The van der Waals surface area contributed by atoms with Crippen LogP contribution in [0.4, 0.5) is 0 Å². The van der Waals surface area contributed by atoms with Crippen molar-refractivity contribution in [1.82, 2.24) is 0 Å². The first-order valence-electron chi connectivity index (χ1n) is 8.22. The number of carbonyl (C=O) groups is 2. The predicted molar refractivity (Wildman–Crippen MR) is 84.9 cm³/mol. The van der Waals surface area contributed by atoms with Gasteiger partial charge in [0.1, 0.15) is 5.76 Å². The molecule has 0 spiro atoms. The Morgan fingerprint density at radius 2 is 1.95 bits per heavy atom. The third-order valence-electron chi connectivity index (χ3n) is 6.13. The summed E-state index contributed by atoms with van der Waals surface area (Å²) in [7, 11) is 0. The van der Waals surface area contributed by atoms with Crippen molar-refractivity contribution in [3.63, 3.8) is 0 Å². The van der Waals surface area contributed by atoms with E-state index in [1.807, 2.05) is 13.8 Å². The largest absolute Gasteiger partial charge is 0.430 e. The topological polar surface area (TPSA) is 43.4 Å². The lowest BCUT2D eigenvalue weighted by molar-refractivity contribution is -0.149. The molecule has 3 aliphatic rings. The standard InChI is InChI=1S/C19H26O3/c1-12-18(4,5)13-6-7-19(12,9-13)16(21)22-15-8-14(20)10-17(2,3)11-15/h8,13H,1,6-7,9-11H2,2-5H3. The second-order valence-corrected chi connectivity index (χ2v) is 8.71. The summed E-state index contributed by atoms with van der Waals surface area (Å²) in [5, 5.41) is 0. The minimum Gasteiger partial charge on any atom is -0.430 e. The molecule has 2 unspecified atom stereocenters. The molecular formula is C19H26O3. The van der Waals surface area contributed by atoms with Crippen LogP contribution in [0.25, 0.3) is 0 Å². The van der Waals surface area contributed by atoms with Crippen molar-refractivity contribution in [2.75, 3.05) is 0 Å². The van der Waals surface area contributed by atoms with Crippen molar-refractivity contribution < 1.29 is 14.3 Å². The van der Waals surface area contributed by atoms with Gasteiger partial charge in [0.15, 0.2) is 5.78 Å². The monoisotopic (exact) mass is 302 g/mol. The maximum atomic E-state index is 12.9.